The van der Waals surface area contributed by atoms with E-state index in [1.807, 2.05) is 48.5 Å². The minimum atomic E-state index is -1.23. The van der Waals surface area contributed by atoms with E-state index >= 15 is 0 Å². The molecule has 41 heavy (non-hydrogen) atoms. The molecule has 218 valence electrons. The summed E-state index contributed by atoms with van der Waals surface area (Å²) < 4.78 is 12.7. The highest BCUT2D eigenvalue weighted by Gasteiger charge is 2.35. The first-order chi connectivity index (χ1) is 19.6. The van der Waals surface area contributed by atoms with E-state index in [9.17, 15) is 24.3 Å². The van der Waals surface area contributed by atoms with Crippen LogP contribution in [-0.2, 0) is 20.8 Å². The van der Waals surface area contributed by atoms with Crippen molar-refractivity contribution < 1.29 is 24.2 Å². The van der Waals surface area contributed by atoms with E-state index in [2.05, 4.69) is 4.98 Å². The van der Waals surface area contributed by atoms with Crippen LogP contribution in [-0.4, -0.2) is 63.0 Å². The number of esters is 1. The highest BCUT2D eigenvalue weighted by molar-refractivity contribution is 5.82. The summed E-state index contributed by atoms with van der Waals surface area (Å²) in [4.78, 5) is 53.1. The lowest BCUT2D eigenvalue weighted by Gasteiger charge is -2.31. The maximum Gasteiger partial charge on any atom is 0.410 e. The average molecular weight is 564 g/mol. The maximum atomic E-state index is 13.5. The molecule has 2 N–H and O–H groups in total. The van der Waals surface area contributed by atoms with E-state index in [0.29, 0.717) is 25.8 Å². The summed E-state index contributed by atoms with van der Waals surface area (Å²) in [5.41, 5.74) is 2.59. The summed E-state index contributed by atoms with van der Waals surface area (Å²) in [6, 6.07) is 16.1. The number of benzene rings is 2. The van der Waals surface area contributed by atoms with Gasteiger partial charge in [-0.15, -0.1) is 0 Å². The second-order valence-electron chi connectivity index (χ2n) is 11.1. The second kappa shape index (κ2) is 13.0. The lowest BCUT2D eigenvalue weighted by molar-refractivity contribution is -0.162. The van der Waals surface area contributed by atoms with Gasteiger partial charge in [-0.1, -0.05) is 48.5 Å². The monoisotopic (exact) mass is 563 g/mol. The normalized spacial score (nSPS) is 13.3. The first-order valence-electron chi connectivity index (χ1n) is 13.8. The van der Waals surface area contributed by atoms with Gasteiger partial charge < -0.3 is 19.1 Å². The molecule has 0 fully saturated rings. The zero-order valence-electron chi connectivity index (χ0n) is 23.7. The standard InChI is InChI=1S/C31H37N3O7/c1-31(2,3)41-28(37)26(19-35)34(17-10-4-9-16-33-18-15-27(36)32-29(33)38)30(39)40-20-25-23-13-7-5-11-21(23)22-12-6-8-14-24(22)25/h5-8,11-15,18,25-26,35H,4,9-10,16-17,19-20H2,1-3H3,(H,32,36,38)/t26-/m0/s1. The number of aliphatic hydroxyl groups excluding tert-OH is 1. The summed E-state index contributed by atoms with van der Waals surface area (Å²) >= 11 is 0. The first kappa shape index (κ1) is 29.8. The predicted molar refractivity (Wildman–Crippen MR) is 154 cm³/mol. The number of aromatic nitrogens is 2. The van der Waals surface area contributed by atoms with Gasteiger partial charge in [0.05, 0.1) is 6.61 Å². The smallest absolute Gasteiger partial charge is 0.410 e. The van der Waals surface area contributed by atoms with E-state index in [0.717, 1.165) is 22.3 Å². The quantitative estimate of drug-likeness (QED) is 0.269. The van der Waals surface area contributed by atoms with E-state index in [4.69, 9.17) is 9.47 Å². The van der Waals surface area contributed by atoms with Gasteiger partial charge in [0.15, 0.2) is 6.04 Å². The van der Waals surface area contributed by atoms with Gasteiger partial charge in [0.25, 0.3) is 5.56 Å². The number of amides is 1. The third kappa shape index (κ3) is 7.32. The number of unbranched alkanes of at least 4 members (excludes halogenated alkanes) is 2. The van der Waals surface area contributed by atoms with Crippen LogP contribution in [0.2, 0.25) is 0 Å². The molecule has 4 rings (SSSR count). The number of aliphatic hydroxyl groups is 1. The van der Waals surface area contributed by atoms with Crippen LogP contribution in [0.3, 0.4) is 0 Å². The molecule has 1 heterocycles. The molecule has 0 saturated heterocycles. The number of aromatic amines is 1. The van der Waals surface area contributed by atoms with Gasteiger partial charge in [0.1, 0.15) is 12.2 Å². The van der Waals surface area contributed by atoms with Crippen molar-refractivity contribution >= 4 is 12.1 Å². The fourth-order valence-electron chi connectivity index (χ4n) is 5.08. The Labute approximate surface area is 238 Å². The molecule has 10 nitrogen and oxygen atoms in total. The van der Waals surface area contributed by atoms with Crippen molar-refractivity contribution in [1.29, 1.82) is 0 Å². The Morgan fingerprint density at radius 2 is 1.61 bits per heavy atom. The zero-order valence-corrected chi connectivity index (χ0v) is 23.7. The van der Waals surface area contributed by atoms with E-state index in [-0.39, 0.29) is 19.1 Å². The average Bonchev–Trinajstić information content (AvgIpc) is 3.24. The Morgan fingerprint density at radius 1 is 0.976 bits per heavy atom. The third-order valence-corrected chi connectivity index (χ3v) is 6.99. The van der Waals surface area contributed by atoms with Gasteiger partial charge in [-0.3, -0.25) is 14.7 Å². The number of aryl methyl sites for hydroxylation is 1. The molecule has 2 aromatic carbocycles. The number of H-pyrrole nitrogens is 1. The topological polar surface area (TPSA) is 131 Å². The van der Waals surface area contributed by atoms with Crippen LogP contribution in [0.4, 0.5) is 4.79 Å². The first-order valence-corrected chi connectivity index (χ1v) is 13.8. The molecule has 0 saturated carbocycles. The lowest BCUT2D eigenvalue weighted by Crippen LogP contribution is -2.50. The van der Waals surface area contributed by atoms with E-state index in [1.54, 1.807) is 20.8 Å². The van der Waals surface area contributed by atoms with Crippen LogP contribution in [0.25, 0.3) is 11.1 Å². The van der Waals surface area contributed by atoms with Crippen molar-refractivity contribution in [3.63, 3.8) is 0 Å². The molecule has 0 bridgehead atoms. The van der Waals surface area contributed by atoms with Crippen molar-refractivity contribution in [2.24, 2.45) is 0 Å². The summed E-state index contributed by atoms with van der Waals surface area (Å²) in [5, 5.41) is 10.1. The Kier molecular flexibility index (Phi) is 9.44. The SMILES string of the molecule is CC(C)(C)OC(=O)[C@H](CO)N(CCCCCn1ccc(=O)[nH]c1=O)C(=O)OCC1c2ccccc2-c2ccccc21. The summed E-state index contributed by atoms with van der Waals surface area (Å²) in [5.74, 6) is -0.869. The third-order valence-electron chi connectivity index (χ3n) is 6.99. The molecule has 0 radical (unpaired) electrons. The molecule has 0 unspecified atom stereocenters. The predicted octanol–water partition coefficient (Wildman–Crippen LogP) is 3.66. The second-order valence-corrected chi connectivity index (χ2v) is 11.1. The van der Waals surface area contributed by atoms with E-state index in [1.165, 1.54) is 21.7 Å². The Bertz CT molecular complexity index is 1440. The minimum absolute atomic E-state index is 0.0744. The number of nitrogens with zero attached hydrogens (tertiary/aromatic N) is 2. The summed E-state index contributed by atoms with van der Waals surface area (Å²) in [6.45, 7) is 5.13. The molecule has 1 atom stereocenters. The zero-order chi connectivity index (χ0) is 29.6. The van der Waals surface area contributed by atoms with Gasteiger partial charge in [-0.05, 0) is 62.3 Å². The fourth-order valence-corrected chi connectivity index (χ4v) is 5.08. The summed E-state index contributed by atoms with van der Waals surface area (Å²) in [6.07, 6.45) is 2.43. The number of hydrogen-bond donors (Lipinski definition) is 2. The molecule has 0 spiro atoms. The van der Waals surface area contributed by atoms with Crippen molar-refractivity contribution in [2.45, 2.75) is 64.1 Å². The van der Waals surface area contributed by atoms with Gasteiger partial charge in [0, 0.05) is 31.3 Å². The molecule has 1 aliphatic rings. The molecular weight excluding hydrogens is 526 g/mol. The van der Waals surface area contributed by atoms with Crippen LogP contribution in [0.15, 0.2) is 70.4 Å². The molecule has 1 amide bonds. The van der Waals surface area contributed by atoms with E-state index < -0.39 is 41.6 Å². The molecular formula is C31H37N3O7. The molecule has 1 aromatic heterocycles. The molecule has 10 heteroatoms. The van der Waals surface area contributed by atoms with Crippen molar-refractivity contribution in [3.8, 4) is 11.1 Å². The van der Waals surface area contributed by atoms with Gasteiger partial charge in [-0.25, -0.2) is 14.4 Å². The van der Waals surface area contributed by atoms with Crippen molar-refractivity contribution in [3.05, 3.63) is 92.8 Å². The van der Waals surface area contributed by atoms with Gasteiger partial charge in [0.2, 0.25) is 0 Å². The Morgan fingerprint density at radius 3 is 2.20 bits per heavy atom. The number of rotatable bonds is 11. The molecule has 0 aliphatic heterocycles. The maximum absolute atomic E-state index is 13.5. The van der Waals surface area contributed by atoms with Gasteiger partial charge >= 0.3 is 17.8 Å². The molecule has 3 aromatic rings. The lowest BCUT2D eigenvalue weighted by atomic mass is 9.98. The highest BCUT2D eigenvalue weighted by atomic mass is 16.6. The number of ether oxygens (including phenoxy) is 2. The number of carbonyl (C=O) groups excluding carboxylic acids is 2. The molecule has 1 aliphatic carbocycles. The Hall–Kier alpha value is -4.18. The largest absolute Gasteiger partial charge is 0.458 e. The summed E-state index contributed by atoms with van der Waals surface area (Å²) in [7, 11) is 0. The number of hydrogen-bond acceptors (Lipinski definition) is 7. The fraction of sp³-hybridized carbons (Fsp3) is 0.419. The number of fused-ring (bicyclic) bond motifs is 3. The van der Waals surface area contributed by atoms with Crippen molar-refractivity contribution in [1.82, 2.24) is 14.5 Å². The van der Waals surface area contributed by atoms with Gasteiger partial charge in [-0.2, -0.15) is 0 Å². The highest BCUT2D eigenvalue weighted by Crippen LogP contribution is 2.44. The van der Waals surface area contributed by atoms with Crippen LogP contribution in [0.1, 0.15) is 57.1 Å². The Balaban J connectivity index is 1.44. The minimum Gasteiger partial charge on any atom is -0.458 e. The number of nitrogens with one attached hydrogen (secondary N) is 1. The van der Waals surface area contributed by atoms with Crippen LogP contribution >= 0.6 is 0 Å². The number of carbonyl (C=O) groups is 2. The van der Waals surface area contributed by atoms with Crippen LogP contribution in [0.5, 0.6) is 0 Å². The van der Waals surface area contributed by atoms with Crippen LogP contribution in [0, 0.1) is 0 Å². The van der Waals surface area contributed by atoms with Crippen LogP contribution < -0.4 is 11.2 Å². The van der Waals surface area contributed by atoms with Crippen molar-refractivity contribution in [2.75, 3.05) is 19.8 Å².